The van der Waals surface area contributed by atoms with Crippen LogP contribution in [0.3, 0.4) is 0 Å². The largest absolute Gasteiger partial charge is 0.458 e. The summed E-state index contributed by atoms with van der Waals surface area (Å²) in [5, 5.41) is 9.66. The Morgan fingerprint density at radius 2 is 1.95 bits per heavy atom. The van der Waals surface area contributed by atoms with Gasteiger partial charge in [0.25, 0.3) is 0 Å². The van der Waals surface area contributed by atoms with Crippen molar-refractivity contribution in [2.24, 2.45) is 0 Å². The van der Waals surface area contributed by atoms with Crippen molar-refractivity contribution in [3.05, 3.63) is 46.1 Å². The average Bonchev–Trinajstić information content (AvgIpc) is 2.86. The van der Waals surface area contributed by atoms with Crippen LogP contribution in [0.15, 0.2) is 39.2 Å². The van der Waals surface area contributed by atoms with E-state index in [1.165, 1.54) is 6.07 Å². The van der Waals surface area contributed by atoms with Crippen LogP contribution in [0, 0.1) is 0 Å². The van der Waals surface area contributed by atoms with E-state index in [-0.39, 0.29) is 5.76 Å². The first-order valence-electron chi connectivity index (χ1n) is 5.98. The summed E-state index contributed by atoms with van der Waals surface area (Å²) in [4.78, 5) is 0. The third kappa shape index (κ3) is 3.07. The molecule has 0 spiro atoms. The second-order valence-corrected chi connectivity index (χ2v) is 5.17. The number of hydrogen-bond donors (Lipinski definition) is 1. The number of aliphatic hydroxyl groups is 1. The number of alkyl halides is 3. The first-order chi connectivity index (χ1) is 9.32. The molecule has 0 amide bonds. The second-order valence-electron chi connectivity index (χ2n) is 4.32. The summed E-state index contributed by atoms with van der Waals surface area (Å²) in [5.41, 5.74) is -0.445. The van der Waals surface area contributed by atoms with Gasteiger partial charge < -0.3 is 9.52 Å². The molecule has 1 unspecified atom stereocenters. The Balaban J connectivity index is 2.44. The zero-order valence-corrected chi connectivity index (χ0v) is 12.1. The van der Waals surface area contributed by atoms with Gasteiger partial charge in [0.05, 0.1) is 5.56 Å². The summed E-state index contributed by atoms with van der Waals surface area (Å²) in [6, 6.07) is 6.46. The summed E-state index contributed by atoms with van der Waals surface area (Å²) in [6.45, 7) is 1.78. The molecule has 0 aliphatic rings. The monoisotopic (exact) mass is 348 g/mol. The van der Waals surface area contributed by atoms with Gasteiger partial charge in [-0.05, 0) is 36.8 Å². The van der Waals surface area contributed by atoms with Crippen LogP contribution in [0.2, 0.25) is 0 Å². The van der Waals surface area contributed by atoms with Crippen molar-refractivity contribution in [2.75, 3.05) is 0 Å². The van der Waals surface area contributed by atoms with E-state index in [1.807, 2.05) is 0 Å². The highest BCUT2D eigenvalue weighted by Crippen LogP contribution is 2.37. The molecule has 1 aromatic heterocycles. The zero-order valence-electron chi connectivity index (χ0n) is 10.5. The fourth-order valence-electron chi connectivity index (χ4n) is 1.77. The molecule has 0 saturated carbocycles. The predicted molar refractivity (Wildman–Crippen MR) is 72.1 cm³/mol. The van der Waals surface area contributed by atoms with Crippen LogP contribution in [0.5, 0.6) is 0 Å². The van der Waals surface area contributed by atoms with Crippen LogP contribution in [-0.2, 0) is 6.18 Å². The Morgan fingerprint density at radius 3 is 2.55 bits per heavy atom. The molecule has 1 aromatic carbocycles. The SMILES string of the molecule is CCC(O)c1ccc(-c2cc(C(F)(F)F)ccc2Br)o1. The average molecular weight is 349 g/mol. The molecule has 6 heteroatoms. The van der Waals surface area contributed by atoms with Crippen molar-refractivity contribution >= 4 is 15.9 Å². The van der Waals surface area contributed by atoms with E-state index >= 15 is 0 Å². The lowest BCUT2D eigenvalue weighted by molar-refractivity contribution is -0.137. The Morgan fingerprint density at radius 1 is 1.25 bits per heavy atom. The number of hydrogen-bond acceptors (Lipinski definition) is 2. The molecule has 0 radical (unpaired) electrons. The molecule has 2 rings (SSSR count). The van der Waals surface area contributed by atoms with Crippen LogP contribution in [0.25, 0.3) is 11.3 Å². The molecular weight excluding hydrogens is 337 g/mol. The number of halogens is 4. The van der Waals surface area contributed by atoms with Crippen molar-refractivity contribution in [2.45, 2.75) is 25.6 Å². The third-order valence-corrected chi connectivity index (χ3v) is 3.59. The maximum absolute atomic E-state index is 12.7. The van der Waals surface area contributed by atoms with Gasteiger partial charge in [-0.15, -0.1) is 0 Å². The fourth-order valence-corrected chi connectivity index (χ4v) is 2.21. The molecule has 108 valence electrons. The van der Waals surface area contributed by atoms with Crippen molar-refractivity contribution < 1.29 is 22.7 Å². The molecule has 0 aliphatic heterocycles. The molecule has 0 aliphatic carbocycles. The second kappa shape index (κ2) is 5.61. The Labute approximate surface area is 122 Å². The van der Waals surface area contributed by atoms with E-state index in [9.17, 15) is 18.3 Å². The van der Waals surface area contributed by atoms with Crippen molar-refractivity contribution in [3.8, 4) is 11.3 Å². The molecule has 1 N–H and O–H groups in total. The van der Waals surface area contributed by atoms with Gasteiger partial charge in [0.2, 0.25) is 0 Å². The van der Waals surface area contributed by atoms with E-state index in [4.69, 9.17) is 4.42 Å². The Bertz CT molecular complexity index is 605. The summed E-state index contributed by atoms with van der Waals surface area (Å²) in [7, 11) is 0. The molecule has 0 saturated heterocycles. The minimum atomic E-state index is -4.41. The highest BCUT2D eigenvalue weighted by atomic mass is 79.9. The van der Waals surface area contributed by atoms with Crippen LogP contribution < -0.4 is 0 Å². The summed E-state index contributed by atoms with van der Waals surface area (Å²) in [5.74, 6) is 0.622. The van der Waals surface area contributed by atoms with Gasteiger partial charge in [-0.3, -0.25) is 0 Å². The van der Waals surface area contributed by atoms with Crippen molar-refractivity contribution in [3.63, 3.8) is 0 Å². The predicted octanol–water partition coefficient (Wildman–Crippen LogP) is 5.17. The quantitative estimate of drug-likeness (QED) is 0.829. The Hall–Kier alpha value is -1.27. The minimum Gasteiger partial charge on any atom is -0.458 e. The van der Waals surface area contributed by atoms with E-state index in [1.54, 1.807) is 19.1 Å². The Kier molecular flexibility index (Phi) is 4.25. The number of rotatable bonds is 3. The van der Waals surface area contributed by atoms with Crippen LogP contribution in [0.4, 0.5) is 13.2 Å². The number of aliphatic hydroxyl groups excluding tert-OH is 1. The van der Waals surface area contributed by atoms with Crippen LogP contribution in [-0.4, -0.2) is 5.11 Å². The number of benzene rings is 1. The highest BCUT2D eigenvalue weighted by molar-refractivity contribution is 9.10. The molecular formula is C14H12BrF3O2. The molecule has 20 heavy (non-hydrogen) atoms. The fraction of sp³-hybridized carbons (Fsp3) is 0.286. The molecule has 2 nitrogen and oxygen atoms in total. The number of furan rings is 1. The minimum absolute atomic E-state index is 0.283. The van der Waals surface area contributed by atoms with Crippen molar-refractivity contribution in [1.29, 1.82) is 0 Å². The lowest BCUT2D eigenvalue weighted by atomic mass is 10.1. The topological polar surface area (TPSA) is 33.4 Å². The third-order valence-electron chi connectivity index (χ3n) is 2.90. The van der Waals surface area contributed by atoms with Gasteiger partial charge in [-0.25, -0.2) is 0 Å². The maximum Gasteiger partial charge on any atom is 0.416 e. The van der Waals surface area contributed by atoms with E-state index in [2.05, 4.69) is 15.9 Å². The zero-order chi connectivity index (χ0) is 14.9. The van der Waals surface area contributed by atoms with E-state index in [0.717, 1.165) is 12.1 Å². The molecule has 0 fully saturated rings. The lowest BCUT2D eigenvalue weighted by Crippen LogP contribution is -2.04. The standard InChI is InChI=1S/C14H12BrF3O2/c1-2-11(19)13-6-5-12(20-13)9-7-8(14(16,17)18)3-4-10(9)15/h3-7,11,19H,2H2,1H3. The van der Waals surface area contributed by atoms with E-state index < -0.39 is 17.8 Å². The van der Waals surface area contributed by atoms with E-state index in [0.29, 0.717) is 22.2 Å². The smallest absolute Gasteiger partial charge is 0.416 e. The highest BCUT2D eigenvalue weighted by Gasteiger charge is 2.31. The van der Waals surface area contributed by atoms with Gasteiger partial charge in [0.1, 0.15) is 17.6 Å². The van der Waals surface area contributed by atoms with Gasteiger partial charge in [-0.1, -0.05) is 22.9 Å². The first kappa shape index (κ1) is 15.1. The van der Waals surface area contributed by atoms with Gasteiger partial charge in [0.15, 0.2) is 0 Å². The lowest BCUT2D eigenvalue weighted by Gasteiger charge is -2.09. The summed E-state index contributed by atoms with van der Waals surface area (Å²) in [6.07, 6.45) is -4.70. The molecule has 1 heterocycles. The normalized spacial score (nSPS) is 13.5. The first-order valence-corrected chi connectivity index (χ1v) is 6.77. The van der Waals surface area contributed by atoms with Gasteiger partial charge in [0, 0.05) is 10.0 Å². The van der Waals surface area contributed by atoms with Crippen LogP contribution >= 0.6 is 15.9 Å². The van der Waals surface area contributed by atoms with Crippen LogP contribution in [0.1, 0.15) is 30.8 Å². The van der Waals surface area contributed by atoms with Gasteiger partial charge in [-0.2, -0.15) is 13.2 Å². The van der Waals surface area contributed by atoms with Gasteiger partial charge >= 0.3 is 6.18 Å². The summed E-state index contributed by atoms with van der Waals surface area (Å²) >= 11 is 3.21. The maximum atomic E-state index is 12.7. The summed E-state index contributed by atoms with van der Waals surface area (Å²) < 4.78 is 44.1. The molecule has 1 atom stereocenters. The van der Waals surface area contributed by atoms with Crippen molar-refractivity contribution in [1.82, 2.24) is 0 Å². The molecule has 2 aromatic rings. The molecule has 0 bridgehead atoms.